The quantitative estimate of drug-likeness (QED) is 0.336. The number of halogens is 3. The summed E-state index contributed by atoms with van der Waals surface area (Å²) in [5, 5.41) is 14.7. The van der Waals surface area contributed by atoms with Gasteiger partial charge in [0, 0.05) is 27.6 Å². The molecule has 0 saturated heterocycles. The summed E-state index contributed by atoms with van der Waals surface area (Å²) in [6, 6.07) is 14.6. The Kier molecular flexibility index (Phi) is 5.19. The van der Waals surface area contributed by atoms with E-state index < -0.39 is 5.60 Å². The molecule has 4 nitrogen and oxygen atoms in total. The number of aromatic nitrogens is 1. The summed E-state index contributed by atoms with van der Waals surface area (Å²) < 4.78 is 6.09. The van der Waals surface area contributed by atoms with Crippen LogP contribution in [0.4, 0.5) is 0 Å². The second-order valence-corrected chi connectivity index (χ2v) is 8.73. The van der Waals surface area contributed by atoms with Crippen LogP contribution in [0.2, 0.25) is 15.1 Å². The van der Waals surface area contributed by atoms with Gasteiger partial charge in [-0.15, -0.1) is 0 Å². The van der Waals surface area contributed by atoms with Gasteiger partial charge in [-0.3, -0.25) is 0 Å². The number of oxime groups is 1. The average molecular weight is 448 g/mol. The molecule has 3 aromatic rings. The number of hydrogen-bond acceptors (Lipinski definition) is 4. The molecule has 1 aliphatic heterocycles. The van der Waals surface area contributed by atoms with E-state index in [1.807, 2.05) is 50.2 Å². The average Bonchev–Trinajstić information content (AvgIpc) is 2.66. The number of nitrogens with zero attached hydrogens (tertiary/aromatic N) is 2. The van der Waals surface area contributed by atoms with Crippen LogP contribution >= 0.6 is 34.8 Å². The molecule has 0 unspecified atom stereocenters. The first kappa shape index (κ1) is 20.0. The van der Waals surface area contributed by atoms with Gasteiger partial charge in [-0.1, -0.05) is 52.1 Å². The molecule has 0 amide bonds. The van der Waals surface area contributed by atoms with Crippen LogP contribution in [0.5, 0.6) is 5.88 Å². The molecule has 0 spiro atoms. The molecule has 0 radical (unpaired) electrons. The Balaban J connectivity index is 2.01. The number of rotatable bonds is 2. The highest BCUT2D eigenvalue weighted by Gasteiger charge is 2.34. The van der Waals surface area contributed by atoms with E-state index in [0.717, 1.165) is 16.7 Å². The molecule has 4 rings (SSSR count). The fraction of sp³-hybridized carbons (Fsp3) is 0.182. The van der Waals surface area contributed by atoms with Crippen molar-refractivity contribution in [3.63, 3.8) is 0 Å². The number of benzene rings is 2. The molecule has 29 heavy (non-hydrogen) atoms. The van der Waals surface area contributed by atoms with Crippen molar-refractivity contribution in [1.29, 1.82) is 0 Å². The largest absolute Gasteiger partial charge is 0.471 e. The molecule has 7 heteroatoms. The van der Waals surface area contributed by atoms with E-state index in [1.54, 1.807) is 12.1 Å². The number of hydrogen-bond donors (Lipinski definition) is 1. The predicted octanol–water partition coefficient (Wildman–Crippen LogP) is 7.12. The van der Waals surface area contributed by atoms with Crippen molar-refractivity contribution in [2.45, 2.75) is 25.9 Å². The van der Waals surface area contributed by atoms with Crippen LogP contribution in [0.3, 0.4) is 0 Å². The molecule has 0 bridgehead atoms. The molecule has 0 atom stereocenters. The van der Waals surface area contributed by atoms with Gasteiger partial charge in [0.25, 0.3) is 0 Å². The second kappa shape index (κ2) is 7.52. The maximum Gasteiger partial charge on any atom is 0.223 e. The Labute approximate surface area is 183 Å². The van der Waals surface area contributed by atoms with Crippen LogP contribution in [0.1, 0.15) is 25.8 Å². The van der Waals surface area contributed by atoms with Gasteiger partial charge in [0.15, 0.2) is 0 Å². The summed E-state index contributed by atoms with van der Waals surface area (Å²) in [4.78, 5) is 4.79. The first-order valence-corrected chi connectivity index (χ1v) is 10.1. The molecule has 148 valence electrons. The fourth-order valence-corrected chi connectivity index (χ4v) is 4.03. The van der Waals surface area contributed by atoms with Gasteiger partial charge in [-0.05, 0) is 55.8 Å². The van der Waals surface area contributed by atoms with E-state index in [1.165, 1.54) is 0 Å². The maximum atomic E-state index is 9.58. The van der Waals surface area contributed by atoms with Crippen LogP contribution < -0.4 is 4.74 Å². The first-order chi connectivity index (χ1) is 13.8. The molecule has 0 aliphatic carbocycles. The number of fused-ring (bicyclic) bond motifs is 1. The predicted molar refractivity (Wildman–Crippen MR) is 118 cm³/mol. The SMILES string of the molecule is CC1(C)C/C(=N\O)c2cc(-c3ccc(Cl)cc3)c(-c3ccc(Cl)cc3Cl)nc2O1. The Bertz CT molecular complexity index is 1130. The smallest absolute Gasteiger partial charge is 0.223 e. The first-order valence-electron chi connectivity index (χ1n) is 8.94. The van der Waals surface area contributed by atoms with Gasteiger partial charge in [0.2, 0.25) is 5.88 Å². The molecule has 2 aromatic carbocycles. The number of pyridine rings is 1. The molecule has 0 fully saturated rings. The molecular weight excluding hydrogens is 431 g/mol. The van der Waals surface area contributed by atoms with E-state index in [-0.39, 0.29) is 0 Å². The van der Waals surface area contributed by atoms with Gasteiger partial charge < -0.3 is 9.94 Å². The lowest BCUT2D eigenvalue weighted by atomic mass is 9.90. The third-order valence-electron chi connectivity index (χ3n) is 4.73. The summed E-state index contributed by atoms with van der Waals surface area (Å²) in [7, 11) is 0. The Morgan fingerprint density at radius 1 is 0.931 bits per heavy atom. The lowest BCUT2D eigenvalue weighted by molar-refractivity contribution is 0.103. The van der Waals surface area contributed by atoms with Crippen LogP contribution in [0.25, 0.3) is 22.4 Å². The third kappa shape index (κ3) is 3.93. The Morgan fingerprint density at radius 3 is 2.28 bits per heavy atom. The molecular formula is C22H17Cl3N2O2. The standard InChI is InChI=1S/C22H17Cl3N2O2/c1-22(2)11-19(27-28)17-10-16(12-3-5-13(23)6-4-12)20(26-21(17)29-22)15-8-7-14(24)9-18(15)25/h3-10,28H,11H2,1-2H3/b27-19+. The second-order valence-electron chi connectivity index (χ2n) is 7.45. The summed E-state index contributed by atoms with van der Waals surface area (Å²) in [6.45, 7) is 3.84. The van der Waals surface area contributed by atoms with Crippen molar-refractivity contribution >= 4 is 40.5 Å². The fourth-order valence-electron chi connectivity index (χ4n) is 3.40. The summed E-state index contributed by atoms with van der Waals surface area (Å²) in [6.07, 6.45) is 0.458. The summed E-state index contributed by atoms with van der Waals surface area (Å²) in [5.41, 5.74) is 3.69. The minimum Gasteiger partial charge on any atom is -0.471 e. The van der Waals surface area contributed by atoms with Crippen LogP contribution in [-0.2, 0) is 0 Å². The van der Waals surface area contributed by atoms with Gasteiger partial charge in [-0.2, -0.15) is 0 Å². The summed E-state index contributed by atoms with van der Waals surface area (Å²) >= 11 is 18.6. The minimum atomic E-state index is -0.551. The molecule has 1 N–H and O–H groups in total. The van der Waals surface area contributed by atoms with Crippen molar-refractivity contribution in [2.24, 2.45) is 5.16 Å². The molecule has 0 saturated carbocycles. The monoisotopic (exact) mass is 446 g/mol. The maximum absolute atomic E-state index is 9.58. The zero-order valence-corrected chi connectivity index (χ0v) is 18.0. The van der Waals surface area contributed by atoms with Crippen molar-refractivity contribution in [3.05, 3.63) is 69.2 Å². The van der Waals surface area contributed by atoms with E-state index in [0.29, 0.717) is 44.3 Å². The lowest BCUT2D eigenvalue weighted by Gasteiger charge is -2.32. The van der Waals surface area contributed by atoms with Crippen LogP contribution in [-0.4, -0.2) is 21.5 Å². The van der Waals surface area contributed by atoms with Gasteiger partial charge in [0.05, 0.1) is 22.0 Å². The Morgan fingerprint density at radius 2 is 1.62 bits per heavy atom. The van der Waals surface area contributed by atoms with E-state index in [4.69, 9.17) is 44.5 Å². The third-order valence-corrected chi connectivity index (χ3v) is 5.53. The zero-order valence-electron chi connectivity index (χ0n) is 15.7. The van der Waals surface area contributed by atoms with E-state index in [2.05, 4.69) is 5.16 Å². The molecule has 1 aliphatic rings. The molecule has 2 heterocycles. The van der Waals surface area contributed by atoms with E-state index >= 15 is 0 Å². The highest BCUT2D eigenvalue weighted by atomic mass is 35.5. The highest BCUT2D eigenvalue weighted by Crippen LogP contribution is 2.41. The van der Waals surface area contributed by atoms with Crippen molar-refractivity contribution < 1.29 is 9.94 Å². The van der Waals surface area contributed by atoms with Crippen LogP contribution in [0, 0.1) is 0 Å². The highest BCUT2D eigenvalue weighted by molar-refractivity contribution is 6.36. The number of ether oxygens (including phenoxy) is 1. The Hall–Kier alpha value is -2.27. The van der Waals surface area contributed by atoms with Gasteiger partial charge in [0.1, 0.15) is 5.60 Å². The zero-order chi connectivity index (χ0) is 20.8. The summed E-state index contributed by atoms with van der Waals surface area (Å²) in [5.74, 6) is 0.396. The minimum absolute atomic E-state index is 0.396. The van der Waals surface area contributed by atoms with Crippen molar-refractivity contribution in [1.82, 2.24) is 4.98 Å². The van der Waals surface area contributed by atoms with Gasteiger partial charge >= 0.3 is 0 Å². The topological polar surface area (TPSA) is 54.7 Å². The van der Waals surface area contributed by atoms with E-state index in [9.17, 15) is 5.21 Å². The normalized spacial score (nSPS) is 16.4. The van der Waals surface area contributed by atoms with Crippen molar-refractivity contribution in [3.8, 4) is 28.3 Å². The molecule has 1 aromatic heterocycles. The lowest BCUT2D eigenvalue weighted by Crippen LogP contribution is -2.36. The van der Waals surface area contributed by atoms with Gasteiger partial charge in [-0.25, -0.2) is 4.98 Å². The van der Waals surface area contributed by atoms with Crippen molar-refractivity contribution in [2.75, 3.05) is 0 Å². The van der Waals surface area contributed by atoms with Crippen LogP contribution in [0.15, 0.2) is 53.7 Å².